The molecular weight excluding hydrogens is 384 g/mol. The van der Waals surface area contributed by atoms with Crippen LogP contribution in [0.4, 0.5) is 4.79 Å². The monoisotopic (exact) mass is 400 g/mol. The first-order valence-corrected chi connectivity index (χ1v) is 7.87. The molecule has 0 radical (unpaired) electrons. The second-order valence-corrected chi connectivity index (χ2v) is 6.02. The summed E-state index contributed by atoms with van der Waals surface area (Å²) in [6, 6.07) is 0.905. The van der Waals surface area contributed by atoms with Crippen LogP contribution in [0.1, 0.15) is 27.4 Å². The van der Waals surface area contributed by atoms with E-state index < -0.39 is 24.2 Å². The van der Waals surface area contributed by atoms with Gasteiger partial charge in [0.25, 0.3) is 0 Å². The van der Waals surface area contributed by atoms with Gasteiger partial charge in [0.2, 0.25) is 0 Å². The Balaban J connectivity index is 2.18. The molecule has 0 bridgehead atoms. The number of halogens is 1. The molecule has 2 rings (SSSR count). The predicted octanol–water partition coefficient (Wildman–Crippen LogP) is 1.50. The Kier molecular flexibility index (Phi) is 5.79. The number of amides is 1. The van der Waals surface area contributed by atoms with Crippen LogP contribution in [0.2, 0.25) is 0 Å². The largest absolute Gasteiger partial charge is 0.464 e. The Hall–Kier alpha value is -2.13. The maximum atomic E-state index is 12.5. The molecule has 2 atom stereocenters. The minimum atomic E-state index is -0.807. The van der Waals surface area contributed by atoms with E-state index in [1.807, 2.05) is 0 Å². The average Bonchev–Trinajstić information content (AvgIpc) is 2.96. The summed E-state index contributed by atoms with van der Waals surface area (Å²) >= 11 is 3.22. The number of aromatic amines is 1. The Morgan fingerprint density at radius 1 is 1.33 bits per heavy atom. The van der Waals surface area contributed by atoms with Crippen molar-refractivity contribution in [1.82, 2.24) is 9.88 Å². The van der Waals surface area contributed by atoms with Gasteiger partial charge in [0.1, 0.15) is 5.69 Å². The van der Waals surface area contributed by atoms with Crippen LogP contribution in [0.5, 0.6) is 0 Å². The highest BCUT2D eigenvalue weighted by atomic mass is 79.9. The number of nitrogens with zero attached hydrogens (tertiary/aromatic N) is 1. The van der Waals surface area contributed by atoms with Gasteiger partial charge >= 0.3 is 12.1 Å². The smallest absolute Gasteiger partial charge is 0.410 e. The van der Waals surface area contributed by atoms with Crippen molar-refractivity contribution >= 4 is 33.8 Å². The molecule has 130 valence electrons. The predicted molar refractivity (Wildman–Crippen MR) is 86.8 cm³/mol. The number of H-pyrrole nitrogens is 1. The van der Waals surface area contributed by atoms with Crippen molar-refractivity contribution < 1.29 is 29.0 Å². The van der Waals surface area contributed by atoms with Crippen LogP contribution in [0, 0.1) is 0 Å². The number of hydrogen-bond acceptors (Lipinski definition) is 6. The lowest BCUT2D eigenvalue weighted by Gasteiger charge is -2.32. The normalized spacial score (nSPS) is 19.9. The number of carbonyl (C=O) groups excluding carboxylic acids is 3. The lowest BCUT2D eigenvalue weighted by molar-refractivity contribution is 0.0594. The second-order valence-electron chi connectivity index (χ2n) is 5.17. The fourth-order valence-corrected chi connectivity index (χ4v) is 2.96. The van der Waals surface area contributed by atoms with Gasteiger partial charge in [-0.3, -0.25) is 9.69 Å². The van der Waals surface area contributed by atoms with Gasteiger partial charge < -0.3 is 19.6 Å². The van der Waals surface area contributed by atoms with Crippen LogP contribution in [0.3, 0.4) is 0 Å². The van der Waals surface area contributed by atoms with Crippen molar-refractivity contribution in [1.29, 1.82) is 0 Å². The summed E-state index contributed by atoms with van der Waals surface area (Å²) in [4.78, 5) is 39.8. The van der Waals surface area contributed by atoms with Gasteiger partial charge in [-0.15, -0.1) is 0 Å². The number of esters is 1. The molecule has 0 aromatic carbocycles. The first-order chi connectivity index (χ1) is 11.4. The van der Waals surface area contributed by atoms with Crippen molar-refractivity contribution in [3.05, 3.63) is 34.1 Å². The summed E-state index contributed by atoms with van der Waals surface area (Å²) in [5.41, 5.74) is 0.354. The van der Waals surface area contributed by atoms with E-state index >= 15 is 0 Å². The van der Waals surface area contributed by atoms with Gasteiger partial charge in [0.05, 0.1) is 38.6 Å². The third-order valence-corrected chi connectivity index (χ3v) is 4.22. The highest BCUT2D eigenvalue weighted by Crippen LogP contribution is 2.23. The Bertz CT molecular complexity index is 684. The fourth-order valence-electron chi connectivity index (χ4n) is 2.41. The number of ketones is 1. The summed E-state index contributed by atoms with van der Waals surface area (Å²) in [5, 5.41) is 9.64. The zero-order chi connectivity index (χ0) is 17.9. The number of methoxy groups -OCH3 is 2. The lowest BCUT2D eigenvalue weighted by atomic mass is 10.0. The number of aliphatic hydroxyl groups excluding tert-OH is 1. The number of nitrogens with one attached hydrogen (secondary N) is 1. The third-order valence-electron chi connectivity index (χ3n) is 3.60. The standard InChI is InChI=1S/C15H17BrN2O6/c1-23-14(21)11-6-10(16)13(17-11)12(20)5-8-3-4-9(19)7-18(8)15(22)24-2/h3-4,6,8-9,17,19H,5,7H2,1-2H3/t8-,9+/m1/s1. The molecule has 8 nitrogen and oxygen atoms in total. The Labute approximate surface area is 146 Å². The molecular formula is C15H17BrN2O6. The summed E-state index contributed by atoms with van der Waals surface area (Å²) in [6.07, 6.45) is 1.65. The molecule has 0 saturated heterocycles. The zero-order valence-corrected chi connectivity index (χ0v) is 14.7. The lowest BCUT2D eigenvalue weighted by Crippen LogP contribution is -2.47. The first kappa shape index (κ1) is 18.2. The molecule has 0 spiro atoms. The van der Waals surface area contributed by atoms with Gasteiger partial charge in [-0.1, -0.05) is 12.2 Å². The quantitative estimate of drug-likeness (QED) is 0.450. The molecule has 0 saturated carbocycles. The van der Waals surface area contributed by atoms with E-state index in [4.69, 9.17) is 0 Å². The number of aliphatic hydroxyl groups is 1. The fraction of sp³-hybridized carbons (Fsp3) is 0.400. The van der Waals surface area contributed by atoms with Crippen molar-refractivity contribution in [2.45, 2.75) is 18.6 Å². The van der Waals surface area contributed by atoms with E-state index in [0.717, 1.165) is 0 Å². The number of hydrogen-bond donors (Lipinski definition) is 2. The average molecular weight is 401 g/mol. The molecule has 24 heavy (non-hydrogen) atoms. The Morgan fingerprint density at radius 2 is 2.04 bits per heavy atom. The minimum Gasteiger partial charge on any atom is -0.464 e. The molecule has 9 heteroatoms. The van der Waals surface area contributed by atoms with Crippen LogP contribution in [0.15, 0.2) is 22.7 Å². The Morgan fingerprint density at radius 3 is 2.67 bits per heavy atom. The zero-order valence-electron chi connectivity index (χ0n) is 13.1. The third kappa shape index (κ3) is 3.85. The molecule has 2 heterocycles. The van der Waals surface area contributed by atoms with Crippen LogP contribution in [-0.4, -0.2) is 65.7 Å². The van der Waals surface area contributed by atoms with Gasteiger partial charge in [0.15, 0.2) is 5.78 Å². The summed E-state index contributed by atoms with van der Waals surface area (Å²) < 4.78 is 9.71. The summed E-state index contributed by atoms with van der Waals surface area (Å²) in [7, 11) is 2.47. The number of Topliss-reactive ketones (excluding diaryl/α,β-unsaturated/α-hetero) is 1. The van der Waals surface area contributed by atoms with E-state index in [2.05, 4.69) is 30.4 Å². The minimum absolute atomic E-state index is 0.0297. The topological polar surface area (TPSA) is 109 Å². The maximum absolute atomic E-state index is 12.5. The van der Waals surface area contributed by atoms with E-state index in [1.54, 1.807) is 6.08 Å². The first-order valence-electron chi connectivity index (χ1n) is 7.08. The molecule has 0 aliphatic carbocycles. The van der Waals surface area contributed by atoms with Gasteiger partial charge in [-0.25, -0.2) is 9.59 Å². The molecule has 1 aromatic rings. The number of carbonyl (C=O) groups is 3. The van der Waals surface area contributed by atoms with Crippen LogP contribution in [0.25, 0.3) is 0 Å². The van der Waals surface area contributed by atoms with E-state index in [1.165, 1.54) is 31.3 Å². The molecule has 0 unspecified atom stereocenters. The number of β-amino-alcohol motifs (C(OH)–C–C–N with tert-alkyl or cyclic N) is 1. The van der Waals surface area contributed by atoms with E-state index in [0.29, 0.717) is 4.47 Å². The van der Waals surface area contributed by atoms with Crippen LogP contribution in [-0.2, 0) is 9.47 Å². The van der Waals surface area contributed by atoms with Crippen molar-refractivity contribution in [3.8, 4) is 0 Å². The highest BCUT2D eigenvalue weighted by Gasteiger charge is 2.30. The molecule has 1 aliphatic heterocycles. The molecule has 0 fully saturated rings. The van der Waals surface area contributed by atoms with Crippen LogP contribution >= 0.6 is 15.9 Å². The van der Waals surface area contributed by atoms with Gasteiger partial charge in [-0.05, 0) is 22.0 Å². The SMILES string of the molecule is COC(=O)c1cc(Br)c(C(=O)C[C@H]2C=C[C@H](O)CN2C(=O)OC)[nH]1. The molecule has 1 amide bonds. The second kappa shape index (κ2) is 7.63. The van der Waals surface area contributed by atoms with Crippen molar-refractivity contribution in [3.63, 3.8) is 0 Å². The van der Waals surface area contributed by atoms with Crippen molar-refractivity contribution in [2.75, 3.05) is 20.8 Å². The van der Waals surface area contributed by atoms with E-state index in [-0.39, 0.29) is 30.1 Å². The maximum Gasteiger partial charge on any atom is 0.410 e. The van der Waals surface area contributed by atoms with Gasteiger partial charge in [-0.2, -0.15) is 0 Å². The van der Waals surface area contributed by atoms with Crippen LogP contribution < -0.4 is 0 Å². The number of aromatic nitrogens is 1. The van der Waals surface area contributed by atoms with Crippen molar-refractivity contribution in [2.24, 2.45) is 0 Å². The number of ether oxygens (including phenoxy) is 2. The van der Waals surface area contributed by atoms with Gasteiger partial charge in [0, 0.05) is 10.9 Å². The number of rotatable bonds is 4. The summed E-state index contributed by atoms with van der Waals surface area (Å²) in [5.74, 6) is -0.899. The molecule has 1 aliphatic rings. The molecule has 2 N–H and O–H groups in total. The summed E-state index contributed by atoms with van der Waals surface area (Å²) in [6.45, 7) is 0.0421. The van der Waals surface area contributed by atoms with E-state index in [9.17, 15) is 19.5 Å². The molecule has 1 aromatic heterocycles. The highest BCUT2D eigenvalue weighted by molar-refractivity contribution is 9.10.